The number of carbonyl (C=O) groups excluding carboxylic acids is 1. The maximum atomic E-state index is 14.0. The van der Waals surface area contributed by atoms with E-state index in [4.69, 9.17) is 9.47 Å². The lowest BCUT2D eigenvalue weighted by Gasteiger charge is -2.24. The Morgan fingerprint density at radius 3 is 2.58 bits per heavy atom. The third-order valence-electron chi connectivity index (χ3n) is 6.50. The van der Waals surface area contributed by atoms with Gasteiger partial charge in [0.25, 0.3) is 5.56 Å². The number of aryl methyl sites for hydroxylation is 1. The number of hydrogen-bond acceptors (Lipinski definition) is 6. The predicted molar refractivity (Wildman–Crippen MR) is 161 cm³/mol. The van der Waals surface area contributed by atoms with Gasteiger partial charge in [-0.25, -0.2) is 14.2 Å². The van der Waals surface area contributed by atoms with Gasteiger partial charge in [-0.1, -0.05) is 65.4 Å². The monoisotopic (exact) mass is 668 g/mol. The molecule has 2 heterocycles. The zero-order valence-corrected chi connectivity index (χ0v) is 25.1. The van der Waals surface area contributed by atoms with Gasteiger partial charge >= 0.3 is 5.97 Å². The van der Waals surface area contributed by atoms with E-state index in [1.165, 1.54) is 17.4 Å². The van der Waals surface area contributed by atoms with Gasteiger partial charge < -0.3 is 9.47 Å². The molecule has 0 radical (unpaired) electrons. The van der Waals surface area contributed by atoms with Crippen LogP contribution >= 0.6 is 33.9 Å². The number of benzene rings is 3. The molecule has 1 aliphatic rings. The molecule has 1 aliphatic heterocycles. The van der Waals surface area contributed by atoms with E-state index in [0.29, 0.717) is 31.9 Å². The van der Waals surface area contributed by atoms with Crippen LogP contribution in [0.15, 0.2) is 87.8 Å². The first-order valence-electron chi connectivity index (χ1n) is 12.7. The average molecular weight is 669 g/mol. The second-order valence-corrected chi connectivity index (χ2v) is 11.5. The summed E-state index contributed by atoms with van der Waals surface area (Å²) in [6.45, 7) is 5.84. The summed E-state index contributed by atoms with van der Waals surface area (Å²) in [6.07, 6.45) is 1.81. The van der Waals surface area contributed by atoms with E-state index in [2.05, 4.69) is 27.6 Å². The fourth-order valence-electron chi connectivity index (χ4n) is 4.50. The van der Waals surface area contributed by atoms with Crippen LogP contribution in [0.1, 0.15) is 42.1 Å². The van der Waals surface area contributed by atoms with Crippen molar-refractivity contribution in [2.45, 2.75) is 33.4 Å². The number of carbonyl (C=O) groups is 1. The minimum Gasteiger partial charge on any atom is -0.488 e. The van der Waals surface area contributed by atoms with E-state index in [0.717, 1.165) is 20.3 Å². The number of fused-ring (bicyclic) bond motifs is 1. The van der Waals surface area contributed by atoms with E-state index >= 15 is 0 Å². The molecule has 6 nitrogen and oxygen atoms in total. The number of thiazole rings is 1. The molecular weight excluding hydrogens is 642 g/mol. The molecule has 40 heavy (non-hydrogen) atoms. The predicted octanol–water partition coefficient (Wildman–Crippen LogP) is 5.43. The number of hydrogen-bond donors (Lipinski definition) is 0. The summed E-state index contributed by atoms with van der Waals surface area (Å²) in [5.41, 5.74) is 3.81. The molecular formula is C31H26FIN2O4S. The maximum absolute atomic E-state index is 14.0. The van der Waals surface area contributed by atoms with Gasteiger partial charge in [0.05, 0.1) is 32.0 Å². The van der Waals surface area contributed by atoms with Crippen LogP contribution in [0.5, 0.6) is 5.75 Å². The van der Waals surface area contributed by atoms with Gasteiger partial charge in [-0.3, -0.25) is 9.36 Å². The number of rotatable bonds is 7. The van der Waals surface area contributed by atoms with Crippen LogP contribution in [0.25, 0.3) is 6.08 Å². The second kappa shape index (κ2) is 11.9. The summed E-state index contributed by atoms with van der Waals surface area (Å²) in [6, 6.07) is 19.2. The Hall–Kier alpha value is -3.57. The Morgan fingerprint density at radius 1 is 1.12 bits per heavy atom. The van der Waals surface area contributed by atoms with Gasteiger partial charge in [0, 0.05) is 5.56 Å². The molecule has 0 unspecified atom stereocenters. The van der Waals surface area contributed by atoms with E-state index in [1.54, 1.807) is 36.6 Å². The summed E-state index contributed by atoms with van der Waals surface area (Å²) in [5.74, 6) is -0.171. The van der Waals surface area contributed by atoms with Gasteiger partial charge in [-0.2, -0.15) is 0 Å². The Balaban J connectivity index is 1.53. The van der Waals surface area contributed by atoms with Gasteiger partial charge in [-0.05, 0) is 78.8 Å². The first-order chi connectivity index (χ1) is 19.3. The Bertz CT molecular complexity index is 1810. The molecule has 1 aromatic heterocycles. The van der Waals surface area contributed by atoms with Crippen molar-refractivity contribution in [1.82, 2.24) is 4.57 Å². The first-order valence-corrected chi connectivity index (χ1v) is 14.6. The fraction of sp³-hybridized carbons (Fsp3) is 0.194. The van der Waals surface area contributed by atoms with E-state index < -0.39 is 12.0 Å². The minimum absolute atomic E-state index is 0.113. The molecule has 9 heteroatoms. The van der Waals surface area contributed by atoms with Crippen LogP contribution in [-0.2, 0) is 16.1 Å². The fourth-order valence-corrected chi connectivity index (χ4v) is 6.24. The van der Waals surface area contributed by atoms with Gasteiger partial charge in [-0.15, -0.1) is 0 Å². The number of ether oxygens (including phenoxy) is 2. The van der Waals surface area contributed by atoms with Crippen molar-refractivity contribution < 1.29 is 18.7 Å². The average Bonchev–Trinajstić information content (AvgIpc) is 3.23. The lowest BCUT2D eigenvalue weighted by molar-refractivity contribution is -0.139. The molecule has 0 amide bonds. The first kappa shape index (κ1) is 28.0. The summed E-state index contributed by atoms with van der Waals surface area (Å²) in [7, 11) is 0. The quantitative estimate of drug-likeness (QED) is 0.195. The topological polar surface area (TPSA) is 69.9 Å². The number of allylic oxidation sites excluding steroid dienone is 1. The molecule has 204 valence electrons. The number of nitrogens with zero attached hydrogens (tertiary/aromatic N) is 2. The van der Waals surface area contributed by atoms with Gasteiger partial charge in [0.1, 0.15) is 18.2 Å². The van der Waals surface area contributed by atoms with Crippen molar-refractivity contribution in [1.29, 1.82) is 0 Å². The highest BCUT2D eigenvalue weighted by molar-refractivity contribution is 14.1. The number of esters is 1. The van der Waals surface area contributed by atoms with Crippen LogP contribution in [0.3, 0.4) is 0 Å². The third kappa shape index (κ3) is 5.66. The lowest BCUT2D eigenvalue weighted by atomic mass is 9.95. The van der Waals surface area contributed by atoms with Crippen molar-refractivity contribution in [3.05, 3.63) is 129 Å². The summed E-state index contributed by atoms with van der Waals surface area (Å²) in [4.78, 5) is 32.0. The van der Waals surface area contributed by atoms with Crippen molar-refractivity contribution in [2.75, 3.05) is 6.61 Å². The molecule has 1 atom stereocenters. The summed E-state index contributed by atoms with van der Waals surface area (Å²) in [5, 5.41) is 0. The van der Waals surface area contributed by atoms with Crippen LogP contribution in [0.4, 0.5) is 4.39 Å². The van der Waals surface area contributed by atoms with Crippen molar-refractivity contribution in [3.8, 4) is 5.75 Å². The second-order valence-electron chi connectivity index (χ2n) is 9.28. The SMILES string of the molecule is CCOC(=O)C1=C(C)N=c2s/c(=C/c3ccc(OCc4ccccc4F)c(I)c3)c(=O)n2[C@H]1c1ccc(C)cc1. The Kier molecular flexibility index (Phi) is 8.32. The molecule has 0 saturated heterocycles. The molecule has 0 fully saturated rings. The standard InChI is InChI=1S/C31H26FIN2O4S/c1-4-38-30(37)27-19(3)34-31-35(28(27)21-12-9-18(2)10-13-21)29(36)26(40-31)16-20-11-14-25(24(33)15-20)39-17-22-7-5-6-8-23(22)32/h5-16,28H,4,17H2,1-3H3/b26-16+/t28-/m0/s1. The normalized spacial score (nSPS) is 15.0. The molecule has 0 aliphatic carbocycles. The molecule has 3 aromatic carbocycles. The van der Waals surface area contributed by atoms with Crippen LogP contribution in [0, 0.1) is 16.3 Å². The van der Waals surface area contributed by atoms with Crippen LogP contribution in [0.2, 0.25) is 0 Å². The van der Waals surface area contributed by atoms with Crippen LogP contribution < -0.4 is 19.6 Å². The van der Waals surface area contributed by atoms with Gasteiger partial charge in [0.2, 0.25) is 0 Å². The smallest absolute Gasteiger partial charge is 0.338 e. The maximum Gasteiger partial charge on any atom is 0.338 e. The van der Waals surface area contributed by atoms with E-state index in [1.807, 2.05) is 55.5 Å². The lowest BCUT2D eigenvalue weighted by Crippen LogP contribution is -2.39. The highest BCUT2D eigenvalue weighted by Crippen LogP contribution is 2.31. The molecule has 0 bridgehead atoms. The van der Waals surface area contributed by atoms with Crippen molar-refractivity contribution >= 4 is 46.0 Å². The highest BCUT2D eigenvalue weighted by atomic mass is 127. The molecule has 0 N–H and O–H groups in total. The Labute approximate surface area is 248 Å². The van der Waals surface area contributed by atoms with Crippen molar-refractivity contribution in [2.24, 2.45) is 4.99 Å². The number of aromatic nitrogens is 1. The summed E-state index contributed by atoms with van der Waals surface area (Å²) >= 11 is 3.44. The van der Waals surface area contributed by atoms with E-state index in [9.17, 15) is 14.0 Å². The molecule has 0 saturated carbocycles. The molecule has 0 spiro atoms. The number of halogens is 2. The highest BCUT2D eigenvalue weighted by Gasteiger charge is 2.33. The van der Waals surface area contributed by atoms with Crippen LogP contribution in [-0.4, -0.2) is 17.1 Å². The zero-order valence-electron chi connectivity index (χ0n) is 22.1. The largest absolute Gasteiger partial charge is 0.488 e. The summed E-state index contributed by atoms with van der Waals surface area (Å²) < 4.78 is 28.1. The van der Waals surface area contributed by atoms with E-state index in [-0.39, 0.29) is 24.6 Å². The zero-order chi connectivity index (χ0) is 28.4. The third-order valence-corrected chi connectivity index (χ3v) is 8.33. The van der Waals surface area contributed by atoms with Crippen molar-refractivity contribution in [3.63, 3.8) is 0 Å². The molecule has 5 rings (SSSR count). The Morgan fingerprint density at radius 2 is 1.88 bits per heavy atom. The minimum atomic E-state index is -0.646. The van der Waals surface area contributed by atoms with Gasteiger partial charge in [0.15, 0.2) is 4.80 Å². The molecule has 4 aromatic rings.